The van der Waals surface area contributed by atoms with E-state index in [1.165, 1.54) is 37.0 Å². The van der Waals surface area contributed by atoms with Crippen LogP contribution in [0.5, 0.6) is 0 Å². The van der Waals surface area contributed by atoms with Crippen LogP contribution >= 0.6 is 11.8 Å². The average molecular weight is 508 g/mol. The molecule has 12 heteroatoms. The highest BCUT2D eigenvalue weighted by atomic mass is 32.2. The van der Waals surface area contributed by atoms with Crippen LogP contribution in [0.4, 0.5) is 5.69 Å². The highest BCUT2D eigenvalue weighted by Crippen LogP contribution is 2.23. The van der Waals surface area contributed by atoms with Gasteiger partial charge in [0.05, 0.1) is 47.7 Å². The Bertz CT molecular complexity index is 1570. The van der Waals surface area contributed by atoms with E-state index >= 15 is 0 Å². The van der Waals surface area contributed by atoms with Gasteiger partial charge in [0.25, 0.3) is 5.56 Å². The number of para-hydroxylation sites is 1. The van der Waals surface area contributed by atoms with Crippen LogP contribution in [0.25, 0.3) is 16.7 Å². The van der Waals surface area contributed by atoms with E-state index in [9.17, 15) is 19.2 Å². The summed E-state index contributed by atoms with van der Waals surface area (Å²) in [5.41, 5.74) is 0.718. The SMILES string of the molecule is C=CCn1c(=O)c2ccccc2n2c(SCC(=O)Nc3cc(C(=O)OC)ccc3C(=O)OC)nnc12. The number of aromatic nitrogens is 4. The number of methoxy groups -OCH3 is 2. The third kappa shape index (κ3) is 4.58. The van der Waals surface area contributed by atoms with Gasteiger partial charge in [-0.15, -0.1) is 16.8 Å². The zero-order valence-electron chi connectivity index (χ0n) is 19.4. The molecule has 2 aromatic heterocycles. The number of ether oxygens (including phenoxy) is 2. The number of anilines is 1. The molecule has 0 aliphatic carbocycles. The minimum Gasteiger partial charge on any atom is -0.465 e. The van der Waals surface area contributed by atoms with Gasteiger partial charge in [0, 0.05) is 6.54 Å². The number of hydrogen-bond acceptors (Lipinski definition) is 9. The largest absolute Gasteiger partial charge is 0.465 e. The van der Waals surface area contributed by atoms with Crippen molar-refractivity contribution in [3.05, 3.63) is 76.6 Å². The second kappa shape index (κ2) is 10.4. The molecule has 0 unspecified atom stereocenters. The van der Waals surface area contributed by atoms with Crippen LogP contribution in [-0.4, -0.2) is 57.0 Å². The lowest BCUT2D eigenvalue weighted by Crippen LogP contribution is -2.23. The maximum Gasteiger partial charge on any atom is 0.339 e. The number of carbonyl (C=O) groups is 3. The van der Waals surface area contributed by atoms with E-state index < -0.39 is 17.8 Å². The Morgan fingerprint density at radius 1 is 1.08 bits per heavy atom. The van der Waals surface area contributed by atoms with Gasteiger partial charge in [0.15, 0.2) is 5.16 Å². The fourth-order valence-corrected chi connectivity index (χ4v) is 4.36. The molecule has 0 fully saturated rings. The van der Waals surface area contributed by atoms with Crippen molar-refractivity contribution in [3.8, 4) is 0 Å². The molecule has 184 valence electrons. The zero-order chi connectivity index (χ0) is 25.8. The third-order valence-electron chi connectivity index (χ3n) is 5.24. The Labute approximate surface area is 208 Å². The van der Waals surface area contributed by atoms with Gasteiger partial charge in [0.2, 0.25) is 11.7 Å². The molecular formula is C24H21N5O6S. The quantitative estimate of drug-likeness (QED) is 0.217. The van der Waals surface area contributed by atoms with Crippen molar-refractivity contribution in [2.75, 3.05) is 25.3 Å². The van der Waals surface area contributed by atoms with Crippen molar-refractivity contribution in [1.82, 2.24) is 19.2 Å². The van der Waals surface area contributed by atoms with Gasteiger partial charge < -0.3 is 14.8 Å². The molecule has 0 aliphatic heterocycles. The van der Waals surface area contributed by atoms with Gasteiger partial charge in [-0.1, -0.05) is 30.0 Å². The van der Waals surface area contributed by atoms with E-state index in [1.54, 1.807) is 34.7 Å². The van der Waals surface area contributed by atoms with Crippen LogP contribution in [0.2, 0.25) is 0 Å². The molecule has 11 nitrogen and oxygen atoms in total. The summed E-state index contributed by atoms with van der Waals surface area (Å²) in [6.07, 6.45) is 1.59. The number of allylic oxidation sites excluding steroid dienone is 1. The first-order valence-electron chi connectivity index (χ1n) is 10.6. The molecule has 0 aliphatic rings. The van der Waals surface area contributed by atoms with Crippen molar-refractivity contribution >= 4 is 52.0 Å². The van der Waals surface area contributed by atoms with Crippen molar-refractivity contribution in [2.45, 2.75) is 11.7 Å². The number of nitrogens with one attached hydrogen (secondary N) is 1. The summed E-state index contributed by atoms with van der Waals surface area (Å²) in [5, 5.41) is 11.9. The highest BCUT2D eigenvalue weighted by molar-refractivity contribution is 7.99. The van der Waals surface area contributed by atoms with E-state index in [0.29, 0.717) is 21.8 Å². The van der Waals surface area contributed by atoms with Crippen molar-refractivity contribution in [2.24, 2.45) is 0 Å². The summed E-state index contributed by atoms with van der Waals surface area (Å²) >= 11 is 1.09. The van der Waals surface area contributed by atoms with Crippen LogP contribution in [0.1, 0.15) is 20.7 Å². The summed E-state index contributed by atoms with van der Waals surface area (Å²) < 4.78 is 12.6. The van der Waals surface area contributed by atoms with Crippen molar-refractivity contribution in [1.29, 1.82) is 0 Å². The number of thioether (sulfide) groups is 1. The maximum absolute atomic E-state index is 12.9. The van der Waals surface area contributed by atoms with Crippen LogP contribution in [0, 0.1) is 0 Å². The first-order chi connectivity index (χ1) is 17.4. The van der Waals surface area contributed by atoms with Crippen LogP contribution in [0.15, 0.2) is 65.1 Å². The summed E-state index contributed by atoms with van der Waals surface area (Å²) in [4.78, 5) is 49.8. The van der Waals surface area contributed by atoms with E-state index in [1.807, 2.05) is 0 Å². The molecule has 4 aromatic rings. The molecule has 0 saturated carbocycles. The fourth-order valence-electron chi connectivity index (χ4n) is 3.62. The number of nitrogens with zero attached hydrogens (tertiary/aromatic N) is 4. The second-order valence-corrected chi connectivity index (χ2v) is 8.36. The number of esters is 2. The van der Waals surface area contributed by atoms with Gasteiger partial charge >= 0.3 is 11.9 Å². The molecule has 2 heterocycles. The number of rotatable bonds is 8. The van der Waals surface area contributed by atoms with Crippen molar-refractivity contribution < 1.29 is 23.9 Å². The van der Waals surface area contributed by atoms with E-state index in [4.69, 9.17) is 9.47 Å². The first-order valence-corrected chi connectivity index (χ1v) is 11.6. The molecule has 0 atom stereocenters. The Hall–Kier alpha value is -4.45. The van der Waals surface area contributed by atoms with Gasteiger partial charge in [-0.25, -0.2) is 9.59 Å². The lowest BCUT2D eigenvalue weighted by Gasteiger charge is -2.12. The molecule has 0 bridgehead atoms. The smallest absolute Gasteiger partial charge is 0.339 e. The number of hydrogen-bond donors (Lipinski definition) is 1. The predicted molar refractivity (Wildman–Crippen MR) is 133 cm³/mol. The second-order valence-electron chi connectivity index (χ2n) is 7.42. The molecule has 4 rings (SSSR count). The summed E-state index contributed by atoms with van der Waals surface area (Å²) in [5.74, 6) is -1.54. The Morgan fingerprint density at radius 3 is 2.56 bits per heavy atom. The summed E-state index contributed by atoms with van der Waals surface area (Å²) in [6.45, 7) is 3.94. The molecule has 2 aromatic carbocycles. The minimum absolute atomic E-state index is 0.0795. The van der Waals surface area contributed by atoms with Gasteiger partial charge in [0.1, 0.15) is 0 Å². The first kappa shape index (κ1) is 24.7. The lowest BCUT2D eigenvalue weighted by molar-refractivity contribution is -0.113. The number of fused-ring (bicyclic) bond motifs is 3. The molecular weight excluding hydrogens is 486 g/mol. The highest BCUT2D eigenvalue weighted by Gasteiger charge is 2.20. The third-order valence-corrected chi connectivity index (χ3v) is 6.17. The zero-order valence-corrected chi connectivity index (χ0v) is 20.2. The van der Waals surface area contributed by atoms with Gasteiger partial charge in [-0.2, -0.15) is 0 Å². The lowest BCUT2D eigenvalue weighted by atomic mass is 10.1. The number of amides is 1. The Balaban J connectivity index is 1.64. The molecule has 1 amide bonds. The van der Waals surface area contributed by atoms with E-state index in [0.717, 1.165) is 11.8 Å². The average Bonchev–Trinajstić information content (AvgIpc) is 3.33. The Kier molecular flexibility index (Phi) is 7.15. The minimum atomic E-state index is -0.676. The van der Waals surface area contributed by atoms with Crippen molar-refractivity contribution in [3.63, 3.8) is 0 Å². The van der Waals surface area contributed by atoms with Crippen LogP contribution in [0.3, 0.4) is 0 Å². The summed E-state index contributed by atoms with van der Waals surface area (Å²) in [7, 11) is 2.44. The molecule has 0 radical (unpaired) electrons. The standard InChI is InChI=1S/C24H21N5O6S/c1-4-11-28-20(31)16-7-5-6-8-18(16)29-23(28)26-27-24(29)36-13-19(30)25-17-12-14(21(32)34-2)9-10-15(17)22(33)35-3/h4-10,12H,1,11,13H2,2-3H3,(H,25,30). The fraction of sp³-hybridized carbons (Fsp3) is 0.167. The summed E-state index contributed by atoms with van der Waals surface area (Å²) in [6, 6.07) is 11.2. The predicted octanol–water partition coefficient (Wildman–Crippen LogP) is 2.53. The normalized spacial score (nSPS) is 10.8. The Morgan fingerprint density at radius 2 is 1.83 bits per heavy atom. The molecule has 36 heavy (non-hydrogen) atoms. The number of carbonyl (C=O) groups excluding carboxylic acids is 3. The monoisotopic (exact) mass is 507 g/mol. The topological polar surface area (TPSA) is 134 Å². The van der Waals surface area contributed by atoms with E-state index in [2.05, 4.69) is 22.1 Å². The van der Waals surface area contributed by atoms with Gasteiger partial charge in [-0.3, -0.25) is 18.6 Å². The maximum atomic E-state index is 12.9. The molecule has 1 N–H and O–H groups in total. The van der Waals surface area contributed by atoms with Crippen LogP contribution in [-0.2, 0) is 20.8 Å². The molecule has 0 saturated heterocycles. The van der Waals surface area contributed by atoms with E-state index in [-0.39, 0.29) is 34.7 Å². The number of benzene rings is 2. The molecule has 0 spiro atoms. The van der Waals surface area contributed by atoms with Gasteiger partial charge in [-0.05, 0) is 30.3 Å². The van der Waals surface area contributed by atoms with Crippen LogP contribution < -0.4 is 10.9 Å².